The molecular weight excluding hydrogens is 240 g/mol. The second kappa shape index (κ2) is 8.50. The number of rotatable bonds is 7. The summed E-state index contributed by atoms with van der Waals surface area (Å²) < 4.78 is 0.440. The van der Waals surface area contributed by atoms with Gasteiger partial charge in [-0.05, 0) is 20.8 Å². The minimum Gasteiger partial charge on any atom is -1.00 e. The number of hydrogen-bond acceptors (Lipinski definition) is 2. The first-order chi connectivity index (χ1) is 7.47. The molecule has 0 heterocycles. The summed E-state index contributed by atoms with van der Waals surface area (Å²) in [6.45, 7) is 13.2. The van der Waals surface area contributed by atoms with Gasteiger partial charge in [-0.1, -0.05) is 13.5 Å². The summed E-state index contributed by atoms with van der Waals surface area (Å²) in [5.41, 5.74) is 0.528. The van der Waals surface area contributed by atoms with E-state index >= 15 is 0 Å². The zero-order valence-corrected chi connectivity index (χ0v) is 12.3. The van der Waals surface area contributed by atoms with Gasteiger partial charge in [-0.2, -0.15) is 4.65 Å². The lowest BCUT2D eigenvalue weighted by Crippen LogP contribution is -3.00. The molecule has 0 rings (SSSR count). The first kappa shape index (κ1) is 18.8. The lowest BCUT2D eigenvalue weighted by atomic mass is 10.2. The topological polar surface area (TPSA) is 38.3 Å². The number of amides is 1. The van der Waals surface area contributed by atoms with Crippen molar-refractivity contribution in [3.63, 3.8) is 0 Å². The number of hydroxylamine groups is 3. The molecule has 0 fully saturated rings. The number of quaternary nitrogens is 1. The van der Waals surface area contributed by atoms with Crippen molar-refractivity contribution in [3.05, 3.63) is 12.2 Å². The first-order valence-corrected chi connectivity index (χ1v) is 5.86. The minimum atomic E-state index is -0.103. The Hall–Kier alpha value is -0.580. The van der Waals surface area contributed by atoms with Crippen LogP contribution in [0.2, 0.25) is 0 Å². The molecule has 0 radical (unpaired) electrons. The van der Waals surface area contributed by atoms with Gasteiger partial charge in [0.05, 0.1) is 7.11 Å². The van der Waals surface area contributed by atoms with E-state index in [0.717, 1.165) is 19.5 Å². The summed E-state index contributed by atoms with van der Waals surface area (Å²) in [5, 5.41) is 2.97. The average Bonchev–Trinajstić information content (AvgIpc) is 2.29. The van der Waals surface area contributed by atoms with Gasteiger partial charge in [0.1, 0.15) is 13.1 Å². The molecule has 1 N–H and O–H groups in total. The van der Waals surface area contributed by atoms with E-state index < -0.39 is 0 Å². The average molecular weight is 265 g/mol. The molecule has 0 spiro atoms. The number of carbonyl (C=O) groups is 1. The van der Waals surface area contributed by atoms with Crippen molar-refractivity contribution in [1.29, 1.82) is 0 Å². The Morgan fingerprint density at radius 3 is 2.06 bits per heavy atom. The number of hydrogen-bond donors (Lipinski definition) is 1. The Labute approximate surface area is 111 Å². The Morgan fingerprint density at radius 2 is 1.82 bits per heavy atom. The molecule has 17 heavy (non-hydrogen) atoms. The van der Waals surface area contributed by atoms with Crippen LogP contribution in [0.25, 0.3) is 0 Å². The van der Waals surface area contributed by atoms with E-state index in [1.54, 1.807) is 14.0 Å². The summed E-state index contributed by atoms with van der Waals surface area (Å²) in [6, 6.07) is 0. The lowest BCUT2D eigenvalue weighted by Gasteiger charge is -2.39. The van der Waals surface area contributed by atoms with Crippen LogP contribution in [0.5, 0.6) is 0 Å². The number of nitrogens with zero attached hydrogens (tertiary/aromatic N) is 1. The smallest absolute Gasteiger partial charge is 0.250 e. The van der Waals surface area contributed by atoms with Gasteiger partial charge < -0.3 is 17.7 Å². The van der Waals surface area contributed by atoms with Crippen molar-refractivity contribution in [2.24, 2.45) is 0 Å². The van der Waals surface area contributed by atoms with Gasteiger partial charge in [-0.25, -0.2) is 4.84 Å². The molecule has 102 valence electrons. The van der Waals surface area contributed by atoms with Crippen LogP contribution in [0.3, 0.4) is 0 Å². The van der Waals surface area contributed by atoms with Crippen LogP contribution in [-0.4, -0.2) is 36.9 Å². The number of carbonyl (C=O) groups excluding carboxylic acids is 1. The van der Waals surface area contributed by atoms with Gasteiger partial charge >= 0.3 is 0 Å². The maximum Gasteiger partial charge on any atom is 0.250 e. The van der Waals surface area contributed by atoms with Crippen molar-refractivity contribution >= 4 is 5.91 Å². The lowest BCUT2D eigenvalue weighted by molar-refractivity contribution is -1.12. The fraction of sp³-hybridized carbons (Fsp3) is 0.750. The minimum absolute atomic E-state index is 0. The Bertz CT molecular complexity index is 245. The van der Waals surface area contributed by atoms with Gasteiger partial charge in [0.15, 0.2) is 6.17 Å². The van der Waals surface area contributed by atoms with E-state index in [1.165, 1.54) is 0 Å². The van der Waals surface area contributed by atoms with Crippen LogP contribution >= 0.6 is 0 Å². The predicted octanol–water partition coefficient (Wildman–Crippen LogP) is -1.16. The third-order valence-corrected chi connectivity index (χ3v) is 3.07. The highest BCUT2D eigenvalue weighted by molar-refractivity contribution is 5.92. The van der Waals surface area contributed by atoms with Crippen LogP contribution in [0.15, 0.2) is 12.2 Å². The molecule has 0 aromatic heterocycles. The molecule has 0 aliphatic carbocycles. The molecule has 0 aliphatic rings. The Kier molecular flexibility index (Phi) is 9.39. The maximum atomic E-state index is 11.6. The van der Waals surface area contributed by atoms with Crippen molar-refractivity contribution in [1.82, 2.24) is 5.32 Å². The molecule has 0 saturated carbocycles. The second-order valence-corrected chi connectivity index (χ2v) is 3.95. The third kappa shape index (κ3) is 4.66. The van der Waals surface area contributed by atoms with Crippen LogP contribution in [0, 0.1) is 0 Å². The predicted molar refractivity (Wildman–Crippen MR) is 65.4 cm³/mol. The fourth-order valence-electron chi connectivity index (χ4n) is 1.88. The van der Waals surface area contributed by atoms with Crippen molar-refractivity contribution < 1.29 is 26.7 Å². The zero-order valence-electron chi connectivity index (χ0n) is 11.5. The van der Waals surface area contributed by atoms with Crippen molar-refractivity contribution in [2.45, 2.75) is 40.3 Å². The molecule has 0 bridgehead atoms. The third-order valence-electron chi connectivity index (χ3n) is 3.07. The van der Waals surface area contributed by atoms with E-state index in [-0.39, 0.29) is 24.5 Å². The van der Waals surface area contributed by atoms with Gasteiger partial charge in [-0.15, -0.1) is 0 Å². The molecule has 0 saturated heterocycles. The zero-order chi connectivity index (χ0) is 12.8. The quantitative estimate of drug-likeness (QED) is 0.273. The maximum absolute atomic E-state index is 11.6. The highest BCUT2D eigenvalue weighted by Crippen LogP contribution is 2.15. The Morgan fingerprint density at radius 1 is 1.35 bits per heavy atom. The van der Waals surface area contributed by atoms with Gasteiger partial charge in [0.2, 0.25) is 0 Å². The van der Waals surface area contributed by atoms with Gasteiger partial charge in [-0.3, -0.25) is 4.79 Å². The van der Waals surface area contributed by atoms with E-state index in [4.69, 9.17) is 4.84 Å². The standard InChI is InChI=1S/C12H24N2O2.ClH/c1-7-11(13-12(15)10(4)5)14(8-2,9-3)16-6;/h11H,4,7-9H2,1-3,5-6H3;1H. The molecular formula is C12H25ClN2O2. The molecule has 5 heteroatoms. The van der Waals surface area contributed by atoms with Crippen molar-refractivity contribution in [3.8, 4) is 0 Å². The van der Waals surface area contributed by atoms with Crippen LogP contribution in [0.1, 0.15) is 34.1 Å². The van der Waals surface area contributed by atoms with Crippen LogP contribution in [-0.2, 0) is 9.63 Å². The highest BCUT2D eigenvalue weighted by Gasteiger charge is 2.35. The summed E-state index contributed by atoms with van der Waals surface area (Å²) in [4.78, 5) is 17.2. The summed E-state index contributed by atoms with van der Waals surface area (Å²) >= 11 is 0. The van der Waals surface area contributed by atoms with Gasteiger partial charge in [0.25, 0.3) is 5.91 Å². The number of nitrogens with one attached hydrogen (secondary N) is 1. The molecule has 0 aromatic carbocycles. The molecule has 4 nitrogen and oxygen atoms in total. The fourth-order valence-corrected chi connectivity index (χ4v) is 1.88. The van der Waals surface area contributed by atoms with Crippen molar-refractivity contribution in [2.75, 3.05) is 20.2 Å². The van der Waals surface area contributed by atoms with E-state index in [9.17, 15) is 4.79 Å². The highest BCUT2D eigenvalue weighted by atomic mass is 35.5. The summed E-state index contributed by atoms with van der Waals surface area (Å²) in [6.07, 6.45) is 0.804. The molecule has 1 unspecified atom stereocenters. The molecule has 0 aliphatic heterocycles. The molecule has 1 amide bonds. The first-order valence-electron chi connectivity index (χ1n) is 5.86. The summed E-state index contributed by atoms with van der Waals surface area (Å²) in [5.74, 6) is -0.103. The van der Waals surface area contributed by atoms with E-state index in [2.05, 4.69) is 25.7 Å². The summed E-state index contributed by atoms with van der Waals surface area (Å²) in [7, 11) is 1.68. The second-order valence-electron chi connectivity index (χ2n) is 3.95. The van der Waals surface area contributed by atoms with Crippen LogP contribution in [0.4, 0.5) is 0 Å². The molecule has 1 atom stereocenters. The normalized spacial score (nSPS) is 12.5. The largest absolute Gasteiger partial charge is 1.00 e. The monoisotopic (exact) mass is 264 g/mol. The SMILES string of the molecule is C=C(C)C(=O)NC(CC)[N+](CC)(CC)OC.[Cl-]. The van der Waals surface area contributed by atoms with E-state index in [1.807, 2.05) is 6.92 Å². The van der Waals surface area contributed by atoms with E-state index in [0.29, 0.717) is 10.2 Å². The Balaban J connectivity index is 0. The number of halogens is 1. The molecule has 0 aromatic rings. The van der Waals surface area contributed by atoms with Gasteiger partial charge in [0, 0.05) is 12.0 Å². The van der Waals surface area contributed by atoms with Crippen LogP contribution < -0.4 is 17.7 Å².